The molecule has 0 radical (unpaired) electrons. The van der Waals surface area contributed by atoms with Crippen molar-refractivity contribution in [3.05, 3.63) is 18.2 Å². The molecule has 0 saturated carbocycles. The van der Waals surface area contributed by atoms with Gasteiger partial charge in [-0.2, -0.15) is 0 Å². The van der Waals surface area contributed by atoms with Crippen molar-refractivity contribution in [2.24, 2.45) is 0 Å². The van der Waals surface area contributed by atoms with Crippen LogP contribution in [0.2, 0.25) is 0 Å². The Morgan fingerprint density at radius 1 is 1.52 bits per heavy atom. The molecule has 6 nitrogen and oxygen atoms in total. The standard InChI is InChI=1S/C15H26N4O2/c1-4-17-15(2,14(20)21-3)6-5-8-18-10-11-19-9-7-16-13(19)12-18/h7,9,17H,4-6,8,10-12H2,1-3H3. The molecule has 1 aromatic heterocycles. The Bertz CT molecular complexity index is 474. The van der Waals surface area contributed by atoms with Crippen LogP contribution in [-0.2, 0) is 22.6 Å². The second kappa shape index (κ2) is 7.04. The lowest BCUT2D eigenvalue weighted by atomic mass is 9.95. The van der Waals surface area contributed by atoms with E-state index in [0.717, 1.165) is 51.4 Å². The molecule has 0 bridgehead atoms. The van der Waals surface area contributed by atoms with E-state index in [-0.39, 0.29) is 5.97 Å². The highest BCUT2D eigenvalue weighted by Crippen LogP contribution is 2.17. The number of carbonyl (C=O) groups is 1. The number of esters is 1. The molecule has 0 saturated heterocycles. The summed E-state index contributed by atoms with van der Waals surface area (Å²) in [6.45, 7) is 8.59. The SMILES string of the molecule is CCNC(C)(CCCN1CCn2ccnc2C1)C(=O)OC. The average Bonchev–Trinajstić information content (AvgIpc) is 2.94. The predicted octanol–water partition coefficient (Wildman–Crippen LogP) is 1.02. The molecule has 1 atom stereocenters. The first kappa shape index (κ1) is 16.0. The largest absolute Gasteiger partial charge is 0.468 e. The van der Waals surface area contributed by atoms with Crippen LogP contribution < -0.4 is 5.32 Å². The van der Waals surface area contributed by atoms with Crippen molar-refractivity contribution < 1.29 is 9.53 Å². The van der Waals surface area contributed by atoms with E-state index in [1.54, 1.807) is 0 Å². The first-order valence-corrected chi connectivity index (χ1v) is 7.65. The van der Waals surface area contributed by atoms with Crippen molar-refractivity contribution in [2.45, 2.75) is 45.3 Å². The lowest BCUT2D eigenvalue weighted by molar-refractivity contribution is -0.148. The summed E-state index contributed by atoms with van der Waals surface area (Å²) < 4.78 is 7.12. The van der Waals surface area contributed by atoms with Crippen LogP contribution in [0, 0.1) is 0 Å². The summed E-state index contributed by atoms with van der Waals surface area (Å²) in [6, 6.07) is 0. The van der Waals surface area contributed by atoms with Gasteiger partial charge in [0.15, 0.2) is 0 Å². The van der Waals surface area contributed by atoms with Gasteiger partial charge in [-0.3, -0.25) is 9.69 Å². The van der Waals surface area contributed by atoms with Gasteiger partial charge >= 0.3 is 5.97 Å². The van der Waals surface area contributed by atoms with Crippen molar-refractivity contribution in [3.63, 3.8) is 0 Å². The molecule has 0 amide bonds. The second-order valence-electron chi connectivity index (χ2n) is 5.77. The number of likely N-dealkylation sites (N-methyl/N-ethyl adjacent to an activating group) is 1. The minimum atomic E-state index is -0.586. The maximum absolute atomic E-state index is 11.9. The summed E-state index contributed by atoms with van der Waals surface area (Å²) in [4.78, 5) is 18.7. The van der Waals surface area contributed by atoms with Crippen LogP contribution in [0.15, 0.2) is 12.4 Å². The van der Waals surface area contributed by atoms with Gasteiger partial charge in [-0.05, 0) is 32.9 Å². The van der Waals surface area contributed by atoms with Crippen LogP contribution in [0.3, 0.4) is 0 Å². The van der Waals surface area contributed by atoms with E-state index in [9.17, 15) is 4.79 Å². The third-order valence-corrected chi connectivity index (χ3v) is 4.18. The maximum atomic E-state index is 11.9. The molecule has 1 aliphatic heterocycles. The Balaban J connectivity index is 1.82. The van der Waals surface area contributed by atoms with Gasteiger partial charge in [0.2, 0.25) is 0 Å². The topological polar surface area (TPSA) is 59.4 Å². The van der Waals surface area contributed by atoms with Crippen LogP contribution in [0.4, 0.5) is 0 Å². The number of carbonyl (C=O) groups excluding carboxylic acids is 1. The fourth-order valence-electron chi connectivity index (χ4n) is 2.95. The first-order valence-electron chi connectivity index (χ1n) is 7.65. The van der Waals surface area contributed by atoms with E-state index in [1.165, 1.54) is 7.11 Å². The van der Waals surface area contributed by atoms with E-state index in [2.05, 4.69) is 19.8 Å². The van der Waals surface area contributed by atoms with Crippen LogP contribution >= 0.6 is 0 Å². The number of methoxy groups -OCH3 is 1. The van der Waals surface area contributed by atoms with Gasteiger partial charge in [-0.15, -0.1) is 0 Å². The van der Waals surface area contributed by atoms with E-state index >= 15 is 0 Å². The highest BCUT2D eigenvalue weighted by Gasteiger charge is 2.32. The Morgan fingerprint density at radius 3 is 3.05 bits per heavy atom. The predicted molar refractivity (Wildman–Crippen MR) is 80.8 cm³/mol. The quantitative estimate of drug-likeness (QED) is 0.761. The summed E-state index contributed by atoms with van der Waals surface area (Å²) >= 11 is 0. The Morgan fingerprint density at radius 2 is 2.33 bits per heavy atom. The zero-order valence-electron chi connectivity index (χ0n) is 13.3. The van der Waals surface area contributed by atoms with Crippen molar-refractivity contribution >= 4 is 5.97 Å². The van der Waals surface area contributed by atoms with Crippen LogP contribution in [0.5, 0.6) is 0 Å². The van der Waals surface area contributed by atoms with Gasteiger partial charge in [-0.1, -0.05) is 6.92 Å². The number of fused-ring (bicyclic) bond motifs is 1. The summed E-state index contributed by atoms with van der Waals surface area (Å²) in [5.41, 5.74) is -0.586. The van der Waals surface area contributed by atoms with Gasteiger partial charge < -0.3 is 14.6 Å². The van der Waals surface area contributed by atoms with Gasteiger partial charge in [0.05, 0.1) is 13.7 Å². The van der Waals surface area contributed by atoms with Crippen LogP contribution in [0.1, 0.15) is 32.5 Å². The fraction of sp³-hybridized carbons (Fsp3) is 0.733. The lowest BCUT2D eigenvalue weighted by Gasteiger charge is -2.30. The Kier molecular flexibility index (Phi) is 5.36. The monoisotopic (exact) mass is 294 g/mol. The van der Waals surface area contributed by atoms with Crippen molar-refractivity contribution in [1.29, 1.82) is 0 Å². The molecular formula is C15H26N4O2. The molecule has 118 valence electrons. The Labute approximate surface area is 126 Å². The minimum absolute atomic E-state index is 0.182. The normalized spacial score (nSPS) is 18.0. The van der Waals surface area contributed by atoms with Crippen molar-refractivity contribution in [1.82, 2.24) is 19.8 Å². The number of hydrogen-bond donors (Lipinski definition) is 1. The molecule has 0 fully saturated rings. The van der Waals surface area contributed by atoms with Crippen molar-refractivity contribution in [2.75, 3.05) is 26.7 Å². The highest BCUT2D eigenvalue weighted by atomic mass is 16.5. The molecule has 0 spiro atoms. The summed E-state index contributed by atoms with van der Waals surface area (Å²) in [5, 5.41) is 3.25. The molecule has 21 heavy (non-hydrogen) atoms. The molecule has 2 rings (SSSR count). The third kappa shape index (κ3) is 3.83. The third-order valence-electron chi connectivity index (χ3n) is 4.18. The lowest BCUT2D eigenvalue weighted by Crippen LogP contribution is -2.50. The number of aromatic nitrogens is 2. The zero-order chi connectivity index (χ0) is 15.3. The molecule has 0 aliphatic carbocycles. The fourth-order valence-corrected chi connectivity index (χ4v) is 2.95. The van der Waals surface area contributed by atoms with Gasteiger partial charge in [0.1, 0.15) is 11.4 Å². The number of imidazole rings is 1. The minimum Gasteiger partial charge on any atom is -0.468 e. The van der Waals surface area contributed by atoms with E-state index in [1.807, 2.05) is 26.2 Å². The van der Waals surface area contributed by atoms with Crippen molar-refractivity contribution in [3.8, 4) is 0 Å². The maximum Gasteiger partial charge on any atom is 0.325 e. The summed E-state index contributed by atoms with van der Waals surface area (Å²) in [7, 11) is 1.45. The number of nitrogens with one attached hydrogen (secondary N) is 1. The zero-order valence-corrected chi connectivity index (χ0v) is 13.3. The van der Waals surface area contributed by atoms with Gasteiger partial charge in [-0.25, -0.2) is 4.98 Å². The van der Waals surface area contributed by atoms with E-state index in [4.69, 9.17) is 4.74 Å². The molecule has 1 aliphatic rings. The van der Waals surface area contributed by atoms with Gasteiger partial charge in [0, 0.05) is 25.5 Å². The number of nitrogens with zero attached hydrogens (tertiary/aromatic N) is 3. The van der Waals surface area contributed by atoms with E-state index in [0.29, 0.717) is 0 Å². The average molecular weight is 294 g/mol. The smallest absolute Gasteiger partial charge is 0.325 e. The number of rotatable bonds is 7. The summed E-state index contributed by atoms with van der Waals surface area (Å²) in [5.74, 6) is 0.946. The molecule has 1 unspecified atom stereocenters. The van der Waals surface area contributed by atoms with Crippen LogP contribution in [0.25, 0.3) is 0 Å². The molecule has 6 heteroatoms. The second-order valence-corrected chi connectivity index (χ2v) is 5.77. The number of ether oxygens (including phenoxy) is 1. The molecule has 1 N–H and O–H groups in total. The molecule has 2 heterocycles. The molecular weight excluding hydrogens is 268 g/mol. The number of hydrogen-bond acceptors (Lipinski definition) is 5. The highest BCUT2D eigenvalue weighted by molar-refractivity contribution is 5.80. The molecule has 0 aromatic carbocycles. The Hall–Kier alpha value is -1.40. The van der Waals surface area contributed by atoms with Gasteiger partial charge in [0.25, 0.3) is 0 Å². The first-order chi connectivity index (χ1) is 10.1. The van der Waals surface area contributed by atoms with E-state index < -0.39 is 5.54 Å². The summed E-state index contributed by atoms with van der Waals surface area (Å²) in [6.07, 6.45) is 5.63. The van der Waals surface area contributed by atoms with Crippen LogP contribution in [-0.4, -0.2) is 52.7 Å². The molecule has 1 aromatic rings.